The molecule has 1 amide bonds. The van der Waals surface area contributed by atoms with Crippen LogP contribution in [0.1, 0.15) is 0 Å². The van der Waals surface area contributed by atoms with E-state index in [2.05, 4.69) is 5.32 Å². The topological polar surface area (TPSA) is 50.8 Å². The molecule has 5 nitrogen and oxygen atoms in total. The lowest BCUT2D eigenvalue weighted by Crippen LogP contribution is -2.39. The van der Waals surface area contributed by atoms with Gasteiger partial charge in [0.15, 0.2) is 0 Å². The van der Waals surface area contributed by atoms with Gasteiger partial charge in [0, 0.05) is 33.0 Å². The van der Waals surface area contributed by atoms with Crippen LogP contribution in [-0.4, -0.2) is 57.9 Å². The van der Waals surface area contributed by atoms with Gasteiger partial charge in [0.2, 0.25) is 5.91 Å². The summed E-state index contributed by atoms with van der Waals surface area (Å²) in [4.78, 5) is 13.8. The Hall–Kier alpha value is -1.30. The van der Waals surface area contributed by atoms with Gasteiger partial charge in [0.05, 0.1) is 19.8 Å². The number of rotatable bonds is 9. The van der Waals surface area contributed by atoms with Crippen LogP contribution in [0.25, 0.3) is 0 Å². The Balaban J connectivity index is 0.00000361. The maximum atomic E-state index is 12.1. The first-order valence-corrected chi connectivity index (χ1v) is 6.32. The first-order valence-electron chi connectivity index (χ1n) is 6.32. The second-order valence-corrected chi connectivity index (χ2v) is 4.09. The zero-order valence-electron chi connectivity index (χ0n) is 12.0. The second-order valence-electron chi connectivity index (χ2n) is 4.09. The summed E-state index contributed by atoms with van der Waals surface area (Å²) in [6.07, 6.45) is 0. The van der Waals surface area contributed by atoms with E-state index < -0.39 is 0 Å². The third-order valence-corrected chi connectivity index (χ3v) is 2.70. The van der Waals surface area contributed by atoms with E-state index in [9.17, 15) is 4.79 Å². The first-order chi connectivity index (χ1) is 9.27. The van der Waals surface area contributed by atoms with Gasteiger partial charge in [-0.25, -0.2) is 0 Å². The van der Waals surface area contributed by atoms with Crippen molar-refractivity contribution in [3.05, 3.63) is 30.3 Å². The minimum Gasteiger partial charge on any atom is -0.383 e. The Kier molecular flexibility index (Phi) is 10.8. The van der Waals surface area contributed by atoms with Crippen LogP contribution >= 0.6 is 12.4 Å². The Bertz CT molecular complexity index is 355. The highest BCUT2D eigenvalue weighted by Crippen LogP contribution is 2.04. The van der Waals surface area contributed by atoms with Crippen LogP contribution in [0.4, 0.5) is 5.69 Å². The summed E-state index contributed by atoms with van der Waals surface area (Å²) in [5.74, 6) is 0.0398. The normalized spacial score (nSPS) is 9.70. The molecule has 0 fully saturated rings. The summed E-state index contributed by atoms with van der Waals surface area (Å²) in [5, 5.41) is 3.10. The van der Waals surface area contributed by atoms with Crippen molar-refractivity contribution >= 4 is 24.0 Å². The molecule has 0 heterocycles. The molecule has 0 unspecified atom stereocenters. The Morgan fingerprint density at radius 1 is 1.10 bits per heavy atom. The van der Waals surface area contributed by atoms with Crippen LogP contribution < -0.4 is 5.32 Å². The second kappa shape index (κ2) is 11.5. The van der Waals surface area contributed by atoms with Crippen molar-refractivity contribution < 1.29 is 14.3 Å². The summed E-state index contributed by atoms with van der Waals surface area (Å²) < 4.78 is 10.0. The van der Waals surface area contributed by atoms with E-state index in [4.69, 9.17) is 9.47 Å². The van der Waals surface area contributed by atoms with E-state index in [0.29, 0.717) is 26.3 Å². The molecule has 0 aromatic heterocycles. The third kappa shape index (κ3) is 7.33. The summed E-state index contributed by atoms with van der Waals surface area (Å²) in [6.45, 7) is 2.49. The van der Waals surface area contributed by atoms with E-state index in [-0.39, 0.29) is 24.9 Å². The fraction of sp³-hybridized carbons (Fsp3) is 0.500. The van der Waals surface area contributed by atoms with Crippen molar-refractivity contribution in [2.45, 2.75) is 0 Å². The number of para-hydroxylation sites is 1. The predicted octanol–water partition coefficient (Wildman–Crippen LogP) is 1.64. The number of nitrogens with zero attached hydrogens (tertiary/aromatic N) is 1. The van der Waals surface area contributed by atoms with Crippen molar-refractivity contribution in [1.29, 1.82) is 0 Å². The molecule has 0 radical (unpaired) electrons. The fourth-order valence-electron chi connectivity index (χ4n) is 1.61. The molecule has 0 aliphatic carbocycles. The molecule has 0 aliphatic rings. The number of hydrogen-bond donors (Lipinski definition) is 1. The molecule has 114 valence electrons. The van der Waals surface area contributed by atoms with Gasteiger partial charge in [0.25, 0.3) is 0 Å². The Labute approximate surface area is 126 Å². The van der Waals surface area contributed by atoms with E-state index >= 15 is 0 Å². The van der Waals surface area contributed by atoms with Gasteiger partial charge in [-0.05, 0) is 12.1 Å². The molecular weight excluding hydrogens is 280 g/mol. The molecule has 1 N–H and O–H groups in total. The number of benzene rings is 1. The minimum atomic E-state index is 0. The lowest BCUT2D eigenvalue weighted by molar-refractivity contribution is -0.130. The highest BCUT2D eigenvalue weighted by atomic mass is 35.5. The molecule has 0 saturated carbocycles. The number of amides is 1. The molecule has 0 atom stereocenters. The van der Waals surface area contributed by atoms with E-state index in [1.165, 1.54) is 0 Å². The number of methoxy groups -OCH3 is 2. The number of nitrogens with one attached hydrogen (secondary N) is 1. The molecular formula is C14H23ClN2O3. The largest absolute Gasteiger partial charge is 0.383 e. The number of carbonyl (C=O) groups is 1. The van der Waals surface area contributed by atoms with Crippen LogP contribution in [0.3, 0.4) is 0 Å². The van der Waals surface area contributed by atoms with Crippen LogP contribution in [0.15, 0.2) is 30.3 Å². The van der Waals surface area contributed by atoms with Gasteiger partial charge < -0.3 is 19.7 Å². The Morgan fingerprint density at radius 2 is 1.65 bits per heavy atom. The summed E-state index contributed by atoms with van der Waals surface area (Å²) in [5.41, 5.74) is 0.939. The molecule has 1 aromatic rings. The van der Waals surface area contributed by atoms with Gasteiger partial charge in [-0.15, -0.1) is 12.4 Å². The van der Waals surface area contributed by atoms with Gasteiger partial charge in [-0.3, -0.25) is 4.79 Å². The van der Waals surface area contributed by atoms with Crippen LogP contribution in [0.5, 0.6) is 0 Å². The van der Waals surface area contributed by atoms with E-state index in [0.717, 1.165) is 5.69 Å². The monoisotopic (exact) mass is 302 g/mol. The smallest absolute Gasteiger partial charge is 0.242 e. The standard InChI is InChI=1S/C14H22N2O3.ClH/c1-18-10-8-16(9-11-19-2)14(17)12-15-13-6-4-3-5-7-13;/h3-7,15H,8-12H2,1-2H3;1H. The predicted molar refractivity (Wildman–Crippen MR) is 82.5 cm³/mol. The zero-order valence-corrected chi connectivity index (χ0v) is 12.8. The lowest BCUT2D eigenvalue weighted by Gasteiger charge is -2.22. The maximum absolute atomic E-state index is 12.1. The molecule has 1 rings (SSSR count). The van der Waals surface area contributed by atoms with Crippen LogP contribution in [-0.2, 0) is 14.3 Å². The minimum absolute atomic E-state index is 0. The van der Waals surface area contributed by atoms with Crippen molar-refractivity contribution in [3.8, 4) is 0 Å². The summed E-state index contributed by atoms with van der Waals surface area (Å²) in [6, 6.07) is 9.67. The number of ether oxygens (including phenoxy) is 2. The quantitative estimate of drug-likeness (QED) is 0.753. The van der Waals surface area contributed by atoms with Gasteiger partial charge >= 0.3 is 0 Å². The number of halogens is 1. The van der Waals surface area contributed by atoms with Crippen LogP contribution in [0.2, 0.25) is 0 Å². The van der Waals surface area contributed by atoms with Crippen LogP contribution in [0, 0.1) is 0 Å². The highest BCUT2D eigenvalue weighted by molar-refractivity contribution is 5.85. The van der Waals surface area contributed by atoms with E-state index in [1.54, 1.807) is 19.1 Å². The van der Waals surface area contributed by atoms with Crippen molar-refractivity contribution in [1.82, 2.24) is 4.90 Å². The molecule has 0 spiro atoms. The average Bonchev–Trinajstić information content (AvgIpc) is 2.46. The van der Waals surface area contributed by atoms with Crippen molar-refractivity contribution in [2.75, 3.05) is 52.4 Å². The highest BCUT2D eigenvalue weighted by Gasteiger charge is 2.12. The lowest BCUT2D eigenvalue weighted by atomic mass is 10.3. The number of anilines is 1. The average molecular weight is 303 g/mol. The SMILES string of the molecule is COCCN(CCOC)C(=O)CNc1ccccc1.Cl. The van der Waals surface area contributed by atoms with Gasteiger partial charge in [-0.1, -0.05) is 18.2 Å². The summed E-state index contributed by atoms with van der Waals surface area (Å²) in [7, 11) is 3.25. The number of hydrogen-bond acceptors (Lipinski definition) is 4. The molecule has 0 bridgehead atoms. The molecule has 20 heavy (non-hydrogen) atoms. The van der Waals surface area contributed by atoms with Gasteiger partial charge in [0.1, 0.15) is 0 Å². The molecule has 6 heteroatoms. The summed E-state index contributed by atoms with van der Waals surface area (Å²) >= 11 is 0. The van der Waals surface area contributed by atoms with E-state index in [1.807, 2.05) is 30.3 Å². The van der Waals surface area contributed by atoms with Crippen molar-refractivity contribution in [3.63, 3.8) is 0 Å². The zero-order chi connectivity index (χ0) is 13.9. The molecule has 0 aliphatic heterocycles. The third-order valence-electron chi connectivity index (χ3n) is 2.70. The molecule has 1 aromatic carbocycles. The fourth-order valence-corrected chi connectivity index (χ4v) is 1.61. The first kappa shape index (κ1) is 18.7. The van der Waals surface area contributed by atoms with Crippen molar-refractivity contribution in [2.24, 2.45) is 0 Å². The Morgan fingerprint density at radius 3 is 2.15 bits per heavy atom. The molecule has 0 saturated heterocycles. The maximum Gasteiger partial charge on any atom is 0.242 e. The van der Waals surface area contributed by atoms with Gasteiger partial charge in [-0.2, -0.15) is 0 Å². The number of carbonyl (C=O) groups excluding carboxylic acids is 1.